The number of benzene rings is 1. The van der Waals surface area contributed by atoms with Crippen LogP contribution in [0.2, 0.25) is 0 Å². The third-order valence-corrected chi connectivity index (χ3v) is 6.63. The van der Waals surface area contributed by atoms with Gasteiger partial charge in [0, 0.05) is 36.9 Å². The van der Waals surface area contributed by atoms with Crippen LogP contribution in [0.1, 0.15) is 67.5 Å². The molecule has 0 atom stereocenters. The van der Waals surface area contributed by atoms with Crippen LogP contribution in [0.5, 0.6) is 0 Å². The van der Waals surface area contributed by atoms with E-state index in [0.29, 0.717) is 0 Å². The van der Waals surface area contributed by atoms with Crippen LogP contribution in [-0.2, 0) is 14.1 Å². The first-order valence-electron chi connectivity index (χ1n) is 12.5. The molecule has 0 bridgehead atoms. The molecule has 4 rings (SSSR count). The highest BCUT2D eigenvalue weighted by Crippen LogP contribution is 2.09. The Morgan fingerprint density at radius 2 is 0.917 bits per heavy atom. The molecule has 3 heterocycles. The Balaban J connectivity index is 0.000000240. The second-order valence-electron chi connectivity index (χ2n) is 9.85. The number of pyridine rings is 1. The van der Waals surface area contributed by atoms with E-state index in [2.05, 4.69) is 101 Å². The van der Waals surface area contributed by atoms with Crippen molar-refractivity contribution in [2.45, 2.75) is 83.1 Å². The summed E-state index contributed by atoms with van der Waals surface area (Å²) in [5.74, 6) is 0. The third kappa shape index (κ3) is 9.44. The fraction of sp³-hybridized carbons (Fsp3) is 0.452. The molecule has 0 fully saturated rings. The topological polar surface area (TPSA) is 48.5 Å². The second kappa shape index (κ2) is 13.8. The Kier molecular flexibility index (Phi) is 11.8. The van der Waals surface area contributed by atoms with Gasteiger partial charge < -0.3 is 0 Å². The molecule has 196 valence electrons. The summed E-state index contributed by atoms with van der Waals surface area (Å²) < 4.78 is 3.81. The molecule has 0 aliphatic rings. The second-order valence-corrected chi connectivity index (χ2v) is 9.85. The molecule has 0 aliphatic heterocycles. The zero-order valence-electron chi connectivity index (χ0n) is 25.1. The van der Waals surface area contributed by atoms with E-state index < -0.39 is 0 Å². The van der Waals surface area contributed by atoms with Crippen LogP contribution in [0.4, 0.5) is 0 Å². The van der Waals surface area contributed by atoms with Gasteiger partial charge in [-0.1, -0.05) is 23.8 Å². The van der Waals surface area contributed by atoms with Crippen LogP contribution < -0.4 is 0 Å². The molecule has 1 aromatic carbocycles. The quantitative estimate of drug-likeness (QED) is 0.260. The van der Waals surface area contributed by atoms with Gasteiger partial charge in [-0.15, -0.1) is 0 Å². The van der Waals surface area contributed by atoms with Gasteiger partial charge in [-0.2, -0.15) is 10.2 Å². The molecule has 5 nitrogen and oxygen atoms in total. The largest absolute Gasteiger partial charge is 0.272 e. The average Bonchev–Trinajstić information content (AvgIpc) is 3.14. The summed E-state index contributed by atoms with van der Waals surface area (Å²) in [5, 5.41) is 8.45. The van der Waals surface area contributed by atoms with Crippen LogP contribution in [0.3, 0.4) is 0 Å². The molecule has 36 heavy (non-hydrogen) atoms. The molecule has 0 unspecified atom stereocenters. The van der Waals surface area contributed by atoms with E-state index in [1.807, 2.05) is 51.2 Å². The van der Waals surface area contributed by atoms with Crippen LogP contribution in [0.25, 0.3) is 0 Å². The summed E-state index contributed by atoms with van der Waals surface area (Å²) in [6.07, 6.45) is 0. The summed E-state index contributed by atoms with van der Waals surface area (Å²) >= 11 is 0. The van der Waals surface area contributed by atoms with Crippen molar-refractivity contribution in [2.75, 3.05) is 0 Å². The van der Waals surface area contributed by atoms with Gasteiger partial charge in [-0.3, -0.25) is 14.3 Å². The highest BCUT2D eigenvalue weighted by Gasteiger charge is 2.02. The lowest BCUT2D eigenvalue weighted by molar-refractivity contribution is 0.730. The molecule has 5 heteroatoms. The van der Waals surface area contributed by atoms with Gasteiger partial charge in [0.05, 0.1) is 11.4 Å². The van der Waals surface area contributed by atoms with Crippen molar-refractivity contribution in [1.29, 1.82) is 0 Å². The maximum absolute atomic E-state index is 4.23. The Bertz CT molecular complexity index is 1130. The highest BCUT2D eigenvalue weighted by atomic mass is 15.3. The van der Waals surface area contributed by atoms with Gasteiger partial charge in [-0.05, 0) is 123 Å². The Labute approximate surface area is 219 Å². The summed E-state index contributed by atoms with van der Waals surface area (Å²) in [4.78, 5) is 4.23. The number of rotatable bonds is 0. The SMILES string of the molecule is Cc1cc(C)nc(C)c1.Cc1ccc(C)c(C)c1.Cc1nn(C)c(C)c1C.Cc1nn(C)c(C)c1C. The van der Waals surface area contributed by atoms with Crippen LogP contribution in [0, 0.1) is 83.1 Å². The maximum Gasteiger partial charge on any atom is 0.0625 e. The zero-order valence-corrected chi connectivity index (χ0v) is 25.1. The van der Waals surface area contributed by atoms with E-state index in [4.69, 9.17) is 0 Å². The minimum Gasteiger partial charge on any atom is -0.272 e. The van der Waals surface area contributed by atoms with Gasteiger partial charge in [0.2, 0.25) is 0 Å². The smallest absolute Gasteiger partial charge is 0.0625 e. The van der Waals surface area contributed by atoms with Crippen LogP contribution >= 0.6 is 0 Å². The van der Waals surface area contributed by atoms with E-state index in [1.54, 1.807) is 0 Å². The van der Waals surface area contributed by atoms with Crippen molar-refractivity contribution in [3.8, 4) is 0 Å². The Morgan fingerprint density at radius 1 is 0.500 bits per heavy atom. The number of hydrogen-bond donors (Lipinski definition) is 0. The lowest BCUT2D eigenvalue weighted by Crippen LogP contribution is -1.92. The van der Waals surface area contributed by atoms with E-state index in [1.165, 1.54) is 44.8 Å². The van der Waals surface area contributed by atoms with Gasteiger partial charge in [0.1, 0.15) is 0 Å². The van der Waals surface area contributed by atoms with Crippen molar-refractivity contribution in [2.24, 2.45) is 14.1 Å². The first kappa shape index (κ1) is 30.8. The Hall–Kier alpha value is -3.21. The van der Waals surface area contributed by atoms with Crippen LogP contribution in [0.15, 0.2) is 30.3 Å². The minimum atomic E-state index is 1.10. The minimum absolute atomic E-state index is 1.10. The maximum atomic E-state index is 4.23. The summed E-state index contributed by atoms with van der Waals surface area (Å²) in [5.41, 5.74) is 15.0. The molecular formula is C31H47N5. The zero-order chi connectivity index (χ0) is 27.7. The predicted molar refractivity (Wildman–Crippen MR) is 154 cm³/mol. The molecule has 0 aliphatic carbocycles. The molecule has 0 amide bonds. The molecular weight excluding hydrogens is 442 g/mol. The molecule has 0 saturated carbocycles. The van der Waals surface area contributed by atoms with E-state index in [-0.39, 0.29) is 0 Å². The third-order valence-electron chi connectivity index (χ3n) is 6.63. The Morgan fingerprint density at radius 3 is 1.14 bits per heavy atom. The van der Waals surface area contributed by atoms with Crippen LogP contribution in [-0.4, -0.2) is 24.5 Å². The molecule has 4 aromatic rings. The first-order valence-corrected chi connectivity index (χ1v) is 12.5. The normalized spacial score (nSPS) is 9.94. The fourth-order valence-corrected chi connectivity index (χ4v) is 3.69. The fourth-order valence-electron chi connectivity index (χ4n) is 3.69. The van der Waals surface area contributed by atoms with Gasteiger partial charge in [0.15, 0.2) is 0 Å². The molecule has 0 spiro atoms. The van der Waals surface area contributed by atoms with Gasteiger partial charge >= 0.3 is 0 Å². The molecule has 0 N–H and O–H groups in total. The standard InChI is InChI=1S/C9H12.C8H11N.2C7H12N2/c1-7-4-5-8(2)9(3)6-7;1-6-4-7(2)9-8(3)5-6;2*1-5-6(2)8-9(4)7(5)3/h4-6H,1-3H3;4-5H,1-3H3;2*1-4H3. The number of aryl methyl sites for hydroxylation is 10. The number of aromatic nitrogens is 5. The lowest BCUT2D eigenvalue weighted by atomic mass is 10.1. The monoisotopic (exact) mass is 489 g/mol. The summed E-state index contributed by atoms with van der Waals surface area (Å²) in [6, 6.07) is 10.7. The summed E-state index contributed by atoms with van der Waals surface area (Å²) in [6.45, 7) is 24.9. The number of nitrogens with zero attached hydrogens (tertiary/aromatic N) is 5. The van der Waals surface area contributed by atoms with Gasteiger partial charge in [-0.25, -0.2) is 0 Å². The van der Waals surface area contributed by atoms with Gasteiger partial charge in [0.25, 0.3) is 0 Å². The molecule has 3 aromatic heterocycles. The molecule has 0 radical (unpaired) electrons. The van der Waals surface area contributed by atoms with E-state index in [9.17, 15) is 0 Å². The molecule has 0 saturated heterocycles. The highest BCUT2D eigenvalue weighted by molar-refractivity contribution is 5.28. The lowest BCUT2D eigenvalue weighted by Gasteiger charge is -1.98. The summed E-state index contributed by atoms with van der Waals surface area (Å²) in [7, 11) is 3.94. The van der Waals surface area contributed by atoms with Crippen molar-refractivity contribution in [3.05, 3.63) is 97.9 Å². The predicted octanol–water partition coefficient (Wildman–Crippen LogP) is 7.31. The van der Waals surface area contributed by atoms with Crippen molar-refractivity contribution >= 4 is 0 Å². The van der Waals surface area contributed by atoms with Crippen molar-refractivity contribution in [1.82, 2.24) is 24.5 Å². The first-order chi connectivity index (χ1) is 16.6. The van der Waals surface area contributed by atoms with Crippen molar-refractivity contribution in [3.63, 3.8) is 0 Å². The van der Waals surface area contributed by atoms with Crippen molar-refractivity contribution < 1.29 is 0 Å². The van der Waals surface area contributed by atoms with E-state index in [0.717, 1.165) is 22.8 Å². The average molecular weight is 490 g/mol. The van der Waals surface area contributed by atoms with E-state index >= 15 is 0 Å². The number of hydrogen-bond acceptors (Lipinski definition) is 3.